The van der Waals surface area contributed by atoms with Gasteiger partial charge < -0.3 is 15.0 Å². The second kappa shape index (κ2) is 9.14. The fourth-order valence-electron chi connectivity index (χ4n) is 3.05. The van der Waals surface area contributed by atoms with Crippen LogP contribution < -0.4 is 15.0 Å². The number of aromatic nitrogens is 3. The number of amides is 1. The van der Waals surface area contributed by atoms with Gasteiger partial charge in [0.2, 0.25) is 0 Å². The van der Waals surface area contributed by atoms with Crippen molar-refractivity contribution in [3.05, 3.63) is 72.8 Å². The Morgan fingerprint density at radius 3 is 2.50 bits per heavy atom. The molecule has 0 aliphatic heterocycles. The molecule has 0 radical (unpaired) electrons. The highest BCUT2D eigenvalue weighted by Gasteiger charge is 2.11. The lowest BCUT2D eigenvalue weighted by molar-refractivity contribution is -0.113. The predicted octanol–water partition coefficient (Wildman–Crippen LogP) is 4.86. The molecule has 2 heterocycles. The highest BCUT2D eigenvalue weighted by molar-refractivity contribution is 6.06. The summed E-state index contributed by atoms with van der Waals surface area (Å²) in [4.78, 5) is 26.6. The molecule has 0 spiro atoms. The molecule has 0 bridgehead atoms. The summed E-state index contributed by atoms with van der Waals surface area (Å²) in [5.74, 6) is 6.91. The van der Waals surface area contributed by atoms with Crippen LogP contribution in [0.2, 0.25) is 0 Å². The van der Waals surface area contributed by atoms with Gasteiger partial charge in [-0.3, -0.25) is 9.78 Å². The molecule has 4 aromatic rings. The molecule has 2 aromatic carbocycles. The highest BCUT2D eigenvalue weighted by atomic mass is 16.5. The standard InChI is InChI=1S/C25H21N5O2/c1-4-5-24(31)30(3)19-9-13-23-22(14-19)25(28-16-27-23)29-18-7-11-20(12-8-18)32-21-10-6-17(2)26-15-21/h6-16H,1-3H3,(H,27,28,29). The van der Waals surface area contributed by atoms with Crippen molar-refractivity contribution in [2.24, 2.45) is 0 Å². The Balaban J connectivity index is 1.56. The Labute approximate surface area is 186 Å². The number of benzene rings is 2. The summed E-state index contributed by atoms with van der Waals surface area (Å²) in [6.45, 7) is 3.56. The van der Waals surface area contributed by atoms with Crippen molar-refractivity contribution >= 4 is 34.0 Å². The van der Waals surface area contributed by atoms with Crippen LogP contribution in [0.1, 0.15) is 12.6 Å². The SMILES string of the molecule is CC#CC(=O)N(C)c1ccc2ncnc(Nc3ccc(Oc4ccc(C)nc4)cc3)c2c1. The van der Waals surface area contributed by atoms with Gasteiger partial charge in [-0.15, -0.1) is 0 Å². The van der Waals surface area contributed by atoms with E-state index in [0.29, 0.717) is 23.0 Å². The number of carbonyl (C=O) groups is 1. The third-order valence-corrected chi connectivity index (χ3v) is 4.78. The molecule has 4 rings (SSSR count). The second-order valence-corrected chi connectivity index (χ2v) is 7.05. The maximum atomic E-state index is 12.1. The van der Waals surface area contributed by atoms with E-state index in [2.05, 4.69) is 32.1 Å². The molecule has 1 N–H and O–H groups in total. The lowest BCUT2D eigenvalue weighted by Gasteiger charge is -2.16. The number of carbonyl (C=O) groups excluding carboxylic acids is 1. The fraction of sp³-hybridized carbons (Fsp3) is 0.120. The maximum absolute atomic E-state index is 12.1. The molecule has 0 saturated heterocycles. The van der Waals surface area contributed by atoms with Crippen molar-refractivity contribution in [2.45, 2.75) is 13.8 Å². The Bertz CT molecular complexity index is 1320. The van der Waals surface area contributed by atoms with E-state index < -0.39 is 0 Å². The normalized spacial score (nSPS) is 10.2. The Morgan fingerprint density at radius 1 is 1.00 bits per heavy atom. The lowest BCUT2D eigenvalue weighted by Crippen LogP contribution is -2.24. The number of nitrogens with zero attached hydrogens (tertiary/aromatic N) is 4. The van der Waals surface area contributed by atoms with Crippen LogP contribution in [-0.2, 0) is 4.79 Å². The van der Waals surface area contributed by atoms with Crippen LogP contribution in [0.5, 0.6) is 11.5 Å². The van der Waals surface area contributed by atoms with E-state index in [9.17, 15) is 4.79 Å². The molecule has 0 unspecified atom stereocenters. The van der Waals surface area contributed by atoms with Gasteiger partial charge in [0.15, 0.2) is 0 Å². The Hall–Kier alpha value is -4.44. The zero-order valence-electron chi connectivity index (χ0n) is 18.0. The van der Waals surface area contributed by atoms with Crippen molar-refractivity contribution in [3.8, 4) is 23.3 Å². The molecule has 0 atom stereocenters. The maximum Gasteiger partial charge on any atom is 0.302 e. The van der Waals surface area contributed by atoms with Crippen LogP contribution >= 0.6 is 0 Å². The van der Waals surface area contributed by atoms with Gasteiger partial charge in [-0.2, -0.15) is 0 Å². The van der Waals surface area contributed by atoms with Gasteiger partial charge in [-0.05, 0) is 74.4 Å². The van der Waals surface area contributed by atoms with E-state index in [0.717, 1.165) is 22.3 Å². The van der Waals surface area contributed by atoms with Crippen LogP contribution in [0.25, 0.3) is 10.9 Å². The average Bonchev–Trinajstić information content (AvgIpc) is 2.81. The third kappa shape index (κ3) is 4.65. The number of rotatable bonds is 5. The summed E-state index contributed by atoms with van der Waals surface area (Å²) >= 11 is 0. The van der Waals surface area contributed by atoms with Crippen LogP contribution in [0, 0.1) is 18.8 Å². The number of nitrogens with one attached hydrogen (secondary N) is 1. The average molecular weight is 423 g/mol. The van der Waals surface area contributed by atoms with E-state index in [1.165, 1.54) is 11.2 Å². The van der Waals surface area contributed by atoms with Crippen molar-refractivity contribution in [2.75, 3.05) is 17.3 Å². The predicted molar refractivity (Wildman–Crippen MR) is 125 cm³/mol. The third-order valence-electron chi connectivity index (χ3n) is 4.78. The summed E-state index contributed by atoms with van der Waals surface area (Å²) in [6, 6.07) is 16.9. The molecule has 0 aliphatic carbocycles. The minimum absolute atomic E-state index is 0.280. The molecule has 7 nitrogen and oxygen atoms in total. The quantitative estimate of drug-likeness (QED) is 0.462. The van der Waals surface area contributed by atoms with E-state index >= 15 is 0 Å². The molecule has 7 heteroatoms. The summed E-state index contributed by atoms with van der Waals surface area (Å²) < 4.78 is 5.83. The summed E-state index contributed by atoms with van der Waals surface area (Å²) in [6.07, 6.45) is 3.20. The molecular formula is C25H21N5O2. The number of ether oxygens (including phenoxy) is 1. The van der Waals surface area contributed by atoms with Gasteiger partial charge in [0.1, 0.15) is 23.6 Å². The molecule has 1 amide bonds. The minimum Gasteiger partial charge on any atom is -0.456 e. The van der Waals surface area contributed by atoms with E-state index in [-0.39, 0.29) is 5.91 Å². The first-order valence-electron chi connectivity index (χ1n) is 9.96. The molecule has 0 aliphatic rings. The first kappa shape index (κ1) is 20.8. The topological polar surface area (TPSA) is 80.2 Å². The minimum atomic E-state index is -0.280. The Morgan fingerprint density at radius 2 is 1.78 bits per heavy atom. The number of hydrogen-bond donors (Lipinski definition) is 1. The number of aryl methyl sites for hydroxylation is 1. The van der Waals surface area contributed by atoms with Crippen LogP contribution in [0.4, 0.5) is 17.2 Å². The summed E-state index contributed by atoms with van der Waals surface area (Å²) in [5.41, 5.74) is 3.25. The van der Waals surface area contributed by atoms with E-state index in [1.54, 1.807) is 20.2 Å². The van der Waals surface area contributed by atoms with Gasteiger partial charge in [-0.1, -0.05) is 5.92 Å². The first-order chi connectivity index (χ1) is 15.5. The fourth-order valence-corrected chi connectivity index (χ4v) is 3.05. The Kier molecular flexibility index (Phi) is 5.95. The van der Waals surface area contributed by atoms with Crippen LogP contribution in [0.3, 0.4) is 0 Å². The second-order valence-electron chi connectivity index (χ2n) is 7.05. The van der Waals surface area contributed by atoms with E-state index in [1.807, 2.05) is 61.5 Å². The zero-order valence-corrected chi connectivity index (χ0v) is 18.0. The molecule has 158 valence electrons. The molecule has 0 fully saturated rings. The molecule has 2 aromatic heterocycles. The summed E-state index contributed by atoms with van der Waals surface area (Å²) in [5, 5.41) is 4.11. The zero-order chi connectivity index (χ0) is 22.5. The number of pyridine rings is 1. The monoisotopic (exact) mass is 423 g/mol. The van der Waals surface area contributed by atoms with Crippen LogP contribution in [0.15, 0.2) is 67.1 Å². The molecule has 32 heavy (non-hydrogen) atoms. The largest absolute Gasteiger partial charge is 0.456 e. The highest BCUT2D eigenvalue weighted by Crippen LogP contribution is 2.28. The van der Waals surface area contributed by atoms with Crippen molar-refractivity contribution in [1.82, 2.24) is 15.0 Å². The van der Waals surface area contributed by atoms with Gasteiger partial charge in [0.25, 0.3) is 0 Å². The van der Waals surface area contributed by atoms with Crippen molar-refractivity contribution in [1.29, 1.82) is 0 Å². The van der Waals surface area contributed by atoms with Crippen LogP contribution in [-0.4, -0.2) is 27.9 Å². The van der Waals surface area contributed by atoms with E-state index in [4.69, 9.17) is 4.74 Å². The first-order valence-corrected chi connectivity index (χ1v) is 9.96. The number of anilines is 3. The number of hydrogen-bond acceptors (Lipinski definition) is 6. The smallest absolute Gasteiger partial charge is 0.302 e. The lowest BCUT2D eigenvalue weighted by atomic mass is 10.2. The van der Waals surface area contributed by atoms with Crippen molar-refractivity contribution in [3.63, 3.8) is 0 Å². The molecular weight excluding hydrogens is 402 g/mol. The van der Waals surface area contributed by atoms with Gasteiger partial charge in [0.05, 0.1) is 11.7 Å². The summed E-state index contributed by atoms with van der Waals surface area (Å²) in [7, 11) is 1.69. The van der Waals surface area contributed by atoms with Gasteiger partial charge >= 0.3 is 5.91 Å². The molecule has 0 saturated carbocycles. The van der Waals surface area contributed by atoms with Crippen molar-refractivity contribution < 1.29 is 9.53 Å². The van der Waals surface area contributed by atoms with Gasteiger partial charge in [0, 0.05) is 29.5 Å². The van der Waals surface area contributed by atoms with Gasteiger partial charge in [-0.25, -0.2) is 9.97 Å². The number of fused-ring (bicyclic) bond motifs is 1.